The molecule has 0 bridgehead atoms. The van der Waals surface area contributed by atoms with Crippen molar-refractivity contribution in [3.63, 3.8) is 0 Å². The summed E-state index contributed by atoms with van der Waals surface area (Å²) in [6, 6.07) is 29.9. The van der Waals surface area contributed by atoms with Crippen molar-refractivity contribution in [1.82, 2.24) is 0 Å². The topological polar surface area (TPSA) is 76.2 Å². The Kier molecular flexibility index (Phi) is 5.72. The van der Waals surface area contributed by atoms with Crippen LogP contribution in [0.4, 0.5) is 5.69 Å². The lowest BCUT2D eigenvalue weighted by Gasteiger charge is -2.12. The zero-order chi connectivity index (χ0) is 21.6. The number of fused-ring (bicyclic) bond motifs is 1. The molecule has 0 saturated heterocycles. The van der Waals surface area contributed by atoms with Crippen LogP contribution in [-0.2, 0) is 6.61 Å². The van der Waals surface area contributed by atoms with E-state index in [0.29, 0.717) is 23.5 Å². The fraction of sp³-hybridized carbons (Fsp3) is 0.0385. The SMILES string of the molecule is N#CC(=Cc1ccccc1OCc1cccc2ccccc12)c1cccc([N+](=O)[O-])c1. The van der Waals surface area contributed by atoms with Crippen molar-refractivity contribution in [3.05, 3.63) is 118 Å². The lowest BCUT2D eigenvalue weighted by molar-refractivity contribution is -0.384. The highest BCUT2D eigenvalue weighted by Gasteiger charge is 2.10. The summed E-state index contributed by atoms with van der Waals surface area (Å²) in [5, 5.41) is 23.0. The molecule has 4 rings (SSSR count). The van der Waals surface area contributed by atoms with E-state index in [1.54, 1.807) is 18.2 Å². The number of allylic oxidation sites excluding steroid dienone is 1. The summed E-state index contributed by atoms with van der Waals surface area (Å²) < 4.78 is 6.11. The summed E-state index contributed by atoms with van der Waals surface area (Å²) in [7, 11) is 0. The Morgan fingerprint density at radius 1 is 0.968 bits per heavy atom. The van der Waals surface area contributed by atoms with Gasteiger partial charge < -0.3 is 4.74 Å². The molecule has 0 aliphatic carbocycles. The van der Waals surface area contributed by atoms with Gasteiger partial charge >= 0.3 is 0 Å². The van der Waals surface area contributed by atoms with Crippen LogP contribution in [0, 0.1) is 21.4 Å². The molecule has 4 aromatic carbocycles. The fourth-order valence-corrected chi connectivity index (χ4v) is 3.43. The molecule has 0 saturated carbocycles. The van der Waals surface area contributed by atoms with E-state index in [9.17, 15) is 15.4 Å². The molecule has 0 fully saturated rings. The molecule has 5 nitrogen and oxygen atoms in total. The average molecular weight is 406 g/mol. The van der Waals surface area contributed by atoms with Crippen LogP contribution < -0.4 is 4.74 Å². The molecule has 0 radical (unpaired) electrons. The summed E-state index contributed by atoms with van der Waals surface area (Å²) in [5.41, 5.74) is 2.55. The van der Waals surface area contributed by atoms with Gasteiger partial charge in [-0.1, -0.05) is 72.8 Å². The number of nitriles is 1. The molecular formula is C26H18N2O3. The van der Waals surface area contributed by atoms with Gasteiger partial charge in [0.05, 0.1) is 16.6 Å². The Bertz CT molecular complexity index is 1330. The largest absolute Gasteiger partial charge is 0.488 e. The van der Waals surface area contributed by atoms with Crippen molar-refractivity contribution in [1.29, 1.82) is 5.26 Å². The number of hydrogen-bond acceptors (Lipinski definition) is 4. The number of benzene rings is 4. The Labute approximate surface area is 179 Å². The highest BCUT2D eigenvalue weighted by Crippen LogP contribution is 2.28. The Morgan fingerprint density at radius 2 is 1.71 bits per heavy atom. The van der Waals surface area contributed by atoms with Crippen molar-refractivity contribution in [2.24, 2.45) is 0 Å². The zero-order valence-corrected chi connectivity index (χ0v) is 16.6. The van der Waals surface area contributed by atoms with E-state index in [2.05, 4.69) is 24.3 Å². The van der Waals surface area contributed by atoms with E-state index in [0.717, 1.165) is 21.9 Å². The predicted molar refractivity (Wildman–Crippen MR) is 121 cm³/mol. The van der Waals surface area contributed by atoms with Gasteiger partial charge in [-0.15, -0.1) is 0 Å². The molecule has 0 N–H and O–H groups in total. The molecule has 0 amide bonds. The molecule has 5 heteroatoms. The van der Waals surface area contributed by atoms with Crippen LogP contribution >= 0.6 is 0 Å². The summed E-state index contributed by atoms with van der Waals surface area (Å²) in [6.07, 6.45) is 1.69. The normalized spacial score (nSPS) is 11.1. The van der Waals surface area contributed by atoms with Crippen LogP contribution in [-0.4, -0.2) is 4.92 Å². The predicted octanol–water partition coefficient (Wildman–Crippen LogP) is 6.39. The van der Waals surface area contributed by atoms with Gasteiger partial charge in [0.1, 0.15) is 12.4 Å². The molecule has 4 aromatic rings. The van der Waals surface area contributed by atoms with Gasteiger partial charge in [0.2, 0.25) is 0 Å². The van der Waals surface area contributed by atoms with E-state index in [1.807, 2.05) is 48.5 Å². The molecule has 150 valence electrons. The maximum absolute atomic E-state index is 11.1. The first-order valence-electron chi connectivity index (χ1n) is 9.71. The van der Waals surface area contributed by atoms with Crippen LogP contribution in [0.25, 0.3) is 22.4 Å². The van der Waals surface area contributed by atoms with Crippen LogP contribution in [0.3, 0.4) is 0 Å². The second-order valence-corrected chi connectivity index (χ2v) is 6.94. The second kappa shape index (κ2) is 8.93. The minimum atomic E-state index is -0.472. The molecule has 0 aliphatic rings. The Balaban J connectivity index is 1.64. The van der Waals surface area contributed by atoms with E-state index in [-0.39, 0.29) is 5.69 Å². The Morgan fingerprint density at radius 3 is 2.55 bits per heavy atom. The van der Waals surface area contributed by atoms with Crippen LogP contribution in [0.5, 0.6) is 5.75 Å². The zero-order valence-electron chi connectivity index (χ0n) is 16.6. The highest BCUT2D eigenvalue weighted by molar-refractivity contribution is 5.91. The molecule has 0 aliphatic heterocycles. The van der Waals surface area contributed by atoms with Gasteiger partial charge in [-0.2, -0.15) is 5.26 Å². The third-order valence-electron chi connectivity index (χ3n) is 4.97. The van der Waals surface area contributed by atoms with Crippen molar-refractivity contribution >= 4 is 28.1 Å². The average Bonchev–Trinajstić information content (AvgIpc) is 2.81. The van der Waals surface area contributed by atoms with Crippen molar-refractivity contribution < 1.29 is 9.66 Å². The van der Waals surface area contributed by atoms with Gasteiger partial charge in [0.25, 0.3) is 5.69 Å². The quantitative estimate of drug-likeness (QED) is 0.161. The van der Waals surface area contributed by atoms with Crippen molar-refractivity contribution in [2.75, 3.05) is 0 Å². The number of nitro benzene ring substituents is 1. The van der Waals surface area contributed by atoms with Gasteiger partial charge in [-0.05, 0) is 34.0 Å². The summed E-state index contributed by atoms with van der Waals surface area (Å²) in [6.45, 7) is 0.380. The number of para-hydroxylation sites is 1. The summed E-state index contributed by atoms with van der Waals surface area (Å²) >= 11 is 0. The minimum Gasteiger partial charge on any atom is -0.488 e. The monoisotopic (exact) mass is 406 g/mol. The lowest BCUT2D eigenvalue weighted by atomic mass is 10.0. The van der Waals surface area contributed by atoms with Crippen molar-refractivity contribution in [2.45, 2.75) is 6.61 Å². The van der Waals surface area contributed by atoms with Gasteiger partial charge in [0.15, 0.2) is 0 Å². The second-order valence-electron chi connectivity index (χ2n) is 6.94. The third-order valence-corrected chi connectivity index (χ3v) is 4.97. The first-order chi connectivity index (χ1) is 15.2. The summed E-state index contributed by atoms with van der Waals surface area (Å²) in [5.74, 6) is 0.633. The molecule has 0 spiro atoms. The first-order valence-corrected chi connectivity index (χ1v) is 9.71. The summed E-state index contributed by atoms with van der Waals surface area (Å²) in [4.78, 5) is 10.6. The van der Waals surface area contributed by atoms with E-state index >= 15 is 0 Å². The van der Waals surface area contributed by atoms with Crippen LogP contribution in [0.1, 0.15) is 16.7 Å². The van der Waals surface area contributed by atoms with Gasteiger partial charge in [-0.3, -0.25) is 10.1 Å². The smallest absolute Gasteiger partial charge is 0.270 e. The molecule has 0 aromatic heterocycles. The lowest BCUT2D eigenvalue weighted by Crippen LogP contribution is -1.98. The van der Waals surface area contributed by atoms with Crippen LogP contribution in [0.15, 0.2) is 91.0 Å². The van der Waals surface area contributed by atoms with Gasteiger partial charge in [-0.25, -0.2) is 0 Å². The van der Waals surface area contributed by atoms with E-state index in [1.165, 1.54) is 12.1 Å². The molecule has 31 heavy (non-hydrogen) atoms. The van der Waals surface area contributed by atoms with Crippen LogP contribution in [0.2, 0.25) is 0 Å². The number of hydrogen-bond donors (Lipinski definition) is 0. The molecule has 0 unspecified atom stereocenters. The first kappa shape index (κ1) is 19.9. The molecular weight excluding hydrogens is 388 g/mol. The number of nitro groups is 1. The molecule has 0 atom stereocenters. The molecule has 0 heterocycles. The number of ether oxygens (including phenoxy) is 1. The fourth-order valence-electron chi connectivity index (χ4n) is 3.43. The maximum Gasteiger partial charge on any atom is 0.270 e. The highest BCUT2D eigenvalue weighted by atomic mass is 16.6. The van der Waals surface area contributed by atoms with Crippen molar-refractivity contribution in [3.8, 4) is 11.8 Å². The maximum atomic E-state index is 11.1. The minimum absolute atomic E-state index is 0.0564. The van der Waals surface area contributed by atoms with Gasteiger partial charge in [0, 0.05) is 17.7 Å². The third kappa shape index (κ3) is 4.44. The standard InChI is InChI=1S/C26H18N2O3/c27-17-23(20-10-6-12-24(16-20)28(29)30)15-21-8-2-4-14-26(21)31-18-22-11-5-9-19-7-1-3-13-25(19)22/h1-16H,18H2. The van der Waals surface area contributed by atoms with E-state index in [4.69, 9.17) is 4.74 Å². The Hall–Kier alpha value is -4.43. The number of non-ortho nitro benzene ring substituents is 1. The number of rotatable bonds is 6. The number of nitrogens with zero attached hydrogens (tertiary/aromatic N) is 2. The van der Waals surface area contributed by atoms with E-state index < -0.39 is 4.92 Å².